The first-order valence-corrected chi connectivity index (χ1v) is 8.72. The van der Waals surface area contributed by atoms with Crippen LogP contribution < -0.4 is 10.2 Å². The highest BCUT2D eigenvalue weighted by Gasteiger charge is 2.32. The molecule has 0 aromatic heterocycles. The number of carbonyl (C=O) groups excluding carboxylic acids is 2. The van der Waals surface area contributed by atoms with Gasteiger partial charge in [-0.1, -0.05) is 29.8 Å². The summed E-state index contributed by atoms with van der Waals surface area (Å²) < 4.78 is 44.6. The smallest absolute Gasteiger partial charge is 0.378 e. The number of anilines is 2. The number of halogens is 3. The van der Waals surface area contributed by atoms with Crippen LogP contribution in [0.1, 0.15) is 21.5 Å². The third-order valence-electron chi connectivity index (χ3n) is 4.44. The summed E-state index contributed by atoms with van der Waals surface area (Å²) in [6.07, 6.45) is -4.57. The molecule has 2 aromatic carbocycles. The van der Waals surface area contributed by atoms with Crippen LogP contribution in [0.5, 0.6) is 0 Å². The number of ketones is 1. The van der Waals surface area contributed by atoms with Gasteiger partial charge in [0.2, 0.25) is 0 Å². The predicted octanol–water partition coefficient (Wildman–Crippen LogP) is 3.67. The summed E-state index contributed by atoms with van der Waals surface area (Å²) >= 11 is 0. The summed E-state index contributed by atoms with van der Waals surface area (Å²) in [4.78, 5) is 26.6. The largest absolute Gasteiger partial charge is 0.416 e. The van der Waals surface area contributed by atoms with Crippen LogP contribution in [0.3, 0.4) is 0 Å². The Balaban J connectivity index is 1.90. The quantitative estimate of drug-likeness (QED) is 0.637. The van der Waals surface area contributed by atoms with Gasteiger partial charge in [0.05, 0.1) is 30.2 Å². The first-order chi connectivity index (χ1) is 13.3. The van der Waals surface area contributed by atoms with E-state index in [0.717, 1.165) is 17.7 Å². The molecule has 0 aliphatic carbocycles. The van der Waals surface area contributed by atoms with E-state index in [1.54, 1.807) is 12.1 Å². The lowest BCUT2D eigenvalue weighted by molar-refractivity contribution is -0.137. The number of nitrogens with one attached hydrogen (secondary N) is 1. The number of nitrogens with zero attached hydrogens (tertiary/aromatic N) is 1. The van der Waals surface area contributed by atoms with Gasteiger partial charge < -0.3 is 15.0 Å². The minimum absolute atomic E-state index is 0.0535. The van der Waals surface area contributed by atoms with Crippen LogP contribution in [-0.2, 0) is 15.7 Å². The third kappa shape index (κ3) is 4.51. The molecule has 0 spiro atoms. The number of amides is 1. The van der Waals surface area contributed by atoms with Gasteiger partial charge in [-0.05, 0) is 25.1 Å². The Kier molecular flexibility index (Phi) is 5.69. The van der Waals surface area contributed by atoms with Crippen molar-refractivity contribution in [1.29, 1.82) is 0 Å². The number of carbonyl (C=O) groups is 2. The van der Waals surface area contributed by atoms with Crippen molar-refractivity contribution in [2.45, 2.75) is 13.1 Å². The lowest BCUT2D eigenvalue weighted by Gasteiger charge is -2.31. The van der Waals surface area contributed by atoms with Crippen molar-refractivity contribution < 1.29 is 27.5 Å². The number of alkyl halides is 3. The maximum Gasteiger partial charge on any atom is 0.416 e. The highest BCUT2D eigenvalue weighted by atomic mass is 19.4. The van der Waals surface area contributed by atoms with E-state index in [1.807, 2.05) is 11.8 Å². The van der Waals surface area contributed by atoms with E-state index in [0.29, 0.717) is 32.0 Å². The molecule has 0 radical (unpaired) electrons. The molecule has 0 atom stereocenters. The van der Waals surface area contributed by atoms with Crippen molar-refractivity contribution in [3.05, 3.63) is 59.2 Å². The fourth-order valence-electron chi connectivity index (χ4n) is 2.91. The number of aryl methyl sites for hydroxylation is 1. The first-order valence-electron chi connectivity index (χ1n) is 8.72. The van der Waals surface area contributed by atoms with Gasteiger partial charge in [0.1, 0.15) is 0 Å². The summed E-state index contributed by atoms with van der Waals surface area (Å²) in [6, 6.07) is 9.50. The van der Waals surface area contributed by atoms with Gasteiger partial charge in [0, 0.05) is 18.7 Å². The topological polar surface area (TPSA) is 58.6 Å². The molecule has 1 aliphatic rings. The number of hydrogen-bond donors (Lipinski definition) is 1. The summed E-state index contributed by atoms with van der Waals surface area (Å²) in [6.45, 7) is 3.64. The average Bonchev–Trinajstić information content (AvgIpc) is 2.68. The fraction of sp³-hybridized carbons (Fsp3) is 0.300. The van der Waals surface area contributed by atoms with E-state index in [1.165, 1.54) is 18.2 Å². The van der Waals surface area contributed by atoms with Gasteiger partial charge in [0.15, 0.2) is 0 Å². The van der Waals surface area contributed by atoms with Crippen LogP contribution in [0.25, 0.3) is 0 Å². The zero-order chi connectivity index (χ0) is 20.3. The third-order valence-corrected chi connectivity index (χ3v) is 4.44. The summed E-state index contributed by atoms with van der Waals surface area (Å²) in [7, 11) is 0. The first kappa shape index (κ1) is 19.9. The number of hydrogen-bond acceptors (Lipinski definition) is 4. The molecule has 2 aromatic rings. The molecule has 1 heterocycles. The van der Waals surface area contributed by atoms with E-state index in [9.17, 15) is 22.8 Å². The van der Waals surface area contributed by atoms with Crippen molar-refractivity contribution in [3.8, 4) is 0 Å². The van der Waals surface area contributed by atoms with Gasteiger partial charge >= 0.3 is 6.18 Å². The maximum absolute atomic E-state index is 13.1. The molecular weight excluding hydrogens is 373 g/mol. The predicted molar refractivity (Wildman–Crippen MR) is 98.6 cm³/mol. The Morgan fingerprint density at radius 1 is 1.04 bits per heavy atom. The Labute approximate surface area is 160 Å². The van der Waals surface area contributed by atoms with Crippen molar-refractivity contribution in [1.82, 2.24) is 0 Å². The van der Waals surface area contributed by atoms with Crippen LogP contribution in [0.4, 0.5) is 24.5 Å². The van der Waals surface area contributed by atoms with Gasteiger partial charge in [-0.25, -0.2) is 0 Å². The van der Waals surface area contributed by atoms with Crippen LogP contribution >= 0.6 is 0 Å². The minimum atomic E-state index is -4.57. The molecule has 1 N–H and O–H groups in total. The zero-order valence-corrected chi connectivity index (χ0v) is 15.2. The van der Waals surface area contributed by atoms with Crippen molar-refractivity contribution >= 4 is 23.1 Å². The normalized spacial score (nSPS) is 14.6. The molecule has 0 saturated carbocycles. The average molecular weight is 392 g/mol. The van der Waals surface area contributed by atoms with E-state index in [4.69, 9.17) is 4.74 Å². The Hall–Kier alpha value is -2.87. The van der Waals surface area contributed by atoms with E-state index in [2.05, 4.69) is 5.32 Å². The second kappa shape index (κ2) is 8.02. The Bertz CT molecular complexity index is 873. The number of ether oxygens (including phenoxy) is 1. The van der Waals surface area contributed by atoms with Crippen molar-refractivity contribution in [2.24, 2.45) is 0 Å². The molecule has 1 fully saturated rings. The SMILES string of the molecule is Cc1ccc(C(=O)C(=O)Nc2cc(C(F)(F)F)ccc2N2CCOCC2)cc1. The van der Waals surface area contributed by atoms with Crippen molar-refractivity contribution in [2.75, 3.05) is 36.5 Å². The van der Waals surface area contributed by atoms with Gasteiger partial charge in [-0.2, -0.15) is 13.2 Å². The summed E-state index contributed by atoms with van der Waals surface area (Å²) in [5, 5.41) is 2.36. The molecule has 5 nitrogen and oxygen atoms in total. The number of morpholine rings is 1. The molecule has 0 bridgehead atoms. The molecule has 3 rings (SSSR count). The fourth-order valence-corrected chi connectivity index (χ4v) is 2.91. The highest BCUT2D eigenvalue weighted by Crippen LogP contribution is 2.35. The van der Waals surface area contributed by atoms with Gasteiger partial charge in [0.25, 0.3) is 11.7 Å². The van der Waals surface area contributed by atoms with E-state index in [-0.39, 0.29) is 11.3 Å². The Morgan fingerprint density at radius 2 is 1.68 bits per heavy atom. The van der Waals surface area contributed by atoms with Gasteiger partial charge in [-0.15, -0.1) is 0 Å². The lowest BCUT2D eigenvalue weighted by atomic mass is 10.1. The monoisotopic (exact) mass is 392 g/mol. The number of benzene rings is 2. The second-order valence-corrected chi connectivity index (χ2v) is 6.48. The highest BCUT2D eigenvalue weighted by molar-refractivity contribution is 6.46. The van der Waals surface area contributed by atoms with E-state index < -0.39 is 23.4 Å². The number of Topliss-reactive ketones (excluding diaryl/α,β-unsaturated/α-hetero) is 1. The molecule has 8 heteroatoms. The van der Waals surface area contributed by atoms with E-state index >= 15 is 0 Å². The molecule has 1 amide bonds. The van der Waals surface area contributed by atoms with Crippen LogP contribution in [0.15, 0.2) is 42.5 Å². The second-order valence-electron chi connectivity index (χ2n) is 6.48. The molecular formula is C20H19F3N2O3. The van der Waals surface area contributed by atoms with Gasteiger partial charge in [-0.3, -0.25) is 9.59 Å². The lowest BCUT2D eigenvalue weighted by Crippen LogP contribution is -2.37. The summed E-state index contributed by atoms with van der Waals surface area (Å²) in [5.41, 5.74) is 0.554. The molecule has 28 heavy (non-hydrogen) atoms. The molecule has 148 valence electrons. The molecule has 1 saturated heterocycles. The number of rotatable bonds is 4. The zero-order valence-electron chi connectivity index (χ0n) is 15.2. The van der Waals surface area contributed by atoms with Crippen LogP contribution in [0.2, 0.25) is 0 Å². The minimum Gasteiger partial charge on any atom is -0.378 e. The molecule has 0 unspecified atom stereocenters. The standard InChI is InChI=1S/C20H19F3N2O3/c1-13-2-4-14(5-3-13)18(26)19(27)24-16-12-15(20(21,22)23)6-7-17(16)25-8-10-28-11-9-25/h2-7,12H,8-11H2,1H3,(H,24,27). The van der Waals surface area contributed by atoms with Crippen LogP contribution in [-0.4, -0.2) is 38.0 Å². The maximum atomic E-state index is 13.1. The summed E-state index contributed by atoms with van der Waals surface area (Å²) in [5.74, 6) is -1.80. The van der Waals surface area contributed by atoms with Crippen molar-refractivity contribution in [3.63, 3.8) is 0 Å². The molecule has 1 aliphatic heterocycles. The van der Waals surface area contributed by atoms with Crippen LogP contribution in [0, 0.1) is 6.92 Å². The Morgan fingerprint density at radius 3 is 2.29 bits per heavy atom.